The number of rotatable bonds is 6. The first kappa shape index (κ1) is 16.3. The third-order valence-electron chi connectivity index (χ3n) is 4.45. The summed E-state index contributed by atoms with van der Waals surface area (Å²) >= 11 is 0. The number of esters is 2. The molecule has 0 radical (unpaired) electrons. The highest BCUT2D eigenvalue weighted by Crippen LogP contribution is 2.44. The minimum atomic E-state index is -0.648. The van der Waals surface area contributed by atoms with E-state index in [0.29, 0.717) is 18.4 Å². The first-order chi connectivity index (χ1) is 10.5. The maximum absolute atomic E-state index is 12.1. The van der Waals surface area contributed by atoms with Crippen LogP contribution < -0.4 is 0 Å². The van der Waals surface area contributed by atoms with Gasteiger partial charge in [0, 0.05) is 0 Å². The van der Waals surface area contributed by atoms with Gasteiger partial charge in [-0.2, -0.15) is 0 Å². The minimum absolute atomic E-state index is 0.0269. The summed E-state index contributed by atoms with van der Waals surface area (Å²) < 4.78 is 10.6. The highest BCUT2D eigenvalue weighted by Gasteiger charge is 2.50. The van der Waals surface area contributed by atoms with Crippen LogP contribution in [0.2, 0.25) is 0 Å². The van der Waals surface area contributed by atoms with Crippen LogP contribution in [-0.4, -0.2) is 18.0 Å². The second kappa shape index (κ2) is 6.77. The number of benzene rings is 1. The van der Waals surface area contributed by atoms with Crippen LogP contribution in [0.25, 0.3) is 0 Å². The summed E-state index contributed by atoms with van der Waals surface area (Å²) in [5.74, 6) is -0.658. The standard InChI is InChI=1S/C18H22O4/c1-4-18(5-2)13(3)15(22-17(18)20)11-16(19)21-12-14-9-7-6-8-10-14/h6-10,15H,3-5,11-12H2,1-2H3/t15-/m0/s1. The molecule has 1 aromatic rings. The first-order valence-electron chi connectivity index (χ1n) is 7.63. The number of cyclic esters (lactones) is 1. The molecule has 0 saturated carbocycles. The van der Waals surface area contributed by atoms with Crippen LogP contribution in [0.15, 0.2) is 42.5 Å². The molecule has 22 heavy (non-hydrogen) atoms. The third kappa shape index (κ3) is 3.06. The van der Waals surface area contributed by atoms with Gasteiger partial charge < -0.3 is 9.47 Å². The van der Waals surface area contributed by atoms with Crippen LogP contribution in [0, 0.1) is 5.41 Å². The Morgan fingerprint density at radius 1 is 1.27 bits per heavy atom. The van der Waals surface area contributed by atoms with Gasteiger partial charge in [-0.3, -0.25) is 9.59 Å². The highest BCUT2D eigenvalue weighted by molar-refractivity contribution is 5.85. The van der Waals surface area contributed by atoms with E-state index in [4.69, 9.17) is 9.47 Å². The number of carbonyl (C=O) groups is 2. The molecule has 4 heteroatoms. The smallest absolute Gasteiger partial charge is 0.316 e. The van der Waals surface area contributed by atoms with Crippen molar-refractivity contribution in [3.05, 3.63) is 48.0 Å². The van der Waals surface area contributed by atoms with Gasteiger partial charge in [-0.05, 0) is 24.0 Å². The Hall–Kier alpha value is -2.10. The van der Waals surface area contributed by atoms with Crippen molar-refractivity contribution in [3.8, 4) is 0 Å². The Balaban J connectivity index is 1.93. The van der Waals surface area contributed by atoms with E-state index in [2.05, 4.69) is 6.58 Å². The monoisotopic (exact) mass is 302 g/mol. The van der Waals surface area contributed by atoms with Crippen LogP contribution >= 0.6 is 0 Å². The number of carbonyl (C=O) groups excluding carboxylic acids is 2. The molecule has 0 N–H and O–H groups in total. The quantitative estimate of drug-likeness (QED) is 0.597. The summed E-state index contributed by atoms with van der Waals surface area (Å²) in [6.45, 7) is 8.09. The summed E-state index contributed by atoms with van der Waals surface area (Å²) in [5.41, 5.74) is 0.971. The van der Waals surface area contributed by atoms with Gasteiger partial charge in [-0.15, -0.1) is 0 Å². The lowest BCUT2D eigenvalue weighted by Crippen LogP contribution is -2.26. The lowest BCUT2D eigenvalue weighted by Gasteiger charge is -2.22. The predicted octanol–water partition coefficient (Wildman–Crippen LogP) is 3.41. The van der Waals surface area contributed by atoms with E-state index >= 15 is 0 Å². The third-order valence-corrected chi connectivity index (χ3v) is 4.45. The first-order valence-corrected chi connectivity index (χ1v) is 7.63. The fourth-order valence-corrected chi connectivity index (χ4v) is 2.86. The van der Waals surface area contributed by atoms with E-state index in [1.54, 1.807) is 0 Å². The van der Waals surface area contributed by atoms with E-state index < -0.39 is 11.5 Å². The highest BCUT2D eigenvalue weighted by atomic mass is 16.6. The van der Waals surface area contributed by atoms with Crippen molar-refractivity contribution in [1.82, 2.24) is 0 Å². The van der Waals surface area contributed by atoms with E-state index in [1.165, 1.54) is 0 Å². The molecule has 1 fully saturated rings. The molecule has 1 aliphatic rings. The molecule has 2 rings (SSSR count). The Labute approximate surface area is 131 Å². The molecule has 0 spiro atoms. The zero-order valence-electron chi connectivity index (χ0n) is 13.1. The summed E-state index contributed by atoms with van der Waals surface area (Å²) in [6.07, 6.45) is 0.725. The van der Waals surface area contributed by atoms with Crippen molar-refractivity contribution in [3.63, 3.8) is 0 Å². The summed E-state index contributed by atoms with van der Waals surface area (Å²) in [4.78, 5) is 24.1. The Kier molecular flexibility index (Phi) is 5.01. The summed E-state index contributed by atoms with van der Waals surface area (Å²) in [7, 11) is 0. The number of ether oxygens (including phenoxy) is 2. The van der Waals surface area contributed by atoms with Crippen molar-refractivity contribution in [2.24, 2.45) is 5.41 Å². The van der Waals surface area contributed by atoms with Gasteiger partial charge in [-0.25, -0.2) is 0 Å². The van der Waals surface area contributed by atoms with E-state index in [9.17, 15) is 9.59 Å². The van der Waals surface area contributed by atoms with Crippen molar-refractivity contribution in [2.75, 3.05) is 0 Å². The average molecular weight is 302 g/mol. The molecule has 1 saturated heterocycles. The Morgan fingerprint density at radius 3 is 2.45 bits per heavy atom. The zero-order valence-corrected chi connectivity index (χ0v) is 13.1. The van der Waals surface area contributed by atoms with Gasteiger partial charge in [0.15, 0.2) is 0 Å². The molecule has 0 bridgehead atoms. The second-order valence-electron chi connectivity index (χ2n) is 5.56. The summed E-state index contributed by atoms with van der Waals surface area (Å²) in [5, 5.41) is 0. The fraction of sp³-hybridized carbons (Fsp3) is 0.444. The molecule has 0 amide bonds. The van der Waals surface area contributed by atoms with E-state index in [-0.39, 0.29) is 25.0 Å². The van der Waals surface area contributed by atoms with Crippen molar-refractivity contribution < 1.29 is 19.1 Å². The lowest BCUT2D eigenvalue weighted by molar-refractivity contribution is -0.153. The van der Waals surface area contributed by atoms with Gasteiger partial charge in [0.2, 0.25) is 0 Å². The molecule has 1 atom stereocenters. The molecule has 1 heterocycles. The van der Waals surface area contributed by atoms with Crippen LogP contribution in [0.4, 0.5) is 0 Å². The van der Waals surface area contributed by atoms with Gasteiger partial charge in [-0.1, -0.05) is 50.8 Å². The molecule has 118 valence electrons. The molecule has 0 unspecified atom stereocenters. The Morgan fingerprint density at radius 2 is 1.91 bits per heavy atom. The van der Waals surface area contributed by atoms with Crippen molar-refractivity contribution in [2.45, 2.75) is 45.8 Å². The molecule has 0 aliphatic carbocycles. The normalized spacial score (nSPS) is 19.8. The zero-order chi connectivity index (χ0) is 16.2. The molecule has 1 aliphatic heterocycles. The fourth-order valence-electron chi connectivity index (χ4n) is 2.86. The molecule has 4 nitrogen and oxygen atoms in total. The molecular formula is C18H22O4. The van der Waals surface area contributed by atoms with Crippen LogP contribution in [0.1, 0.15) is 38.7 Å². The second-order valence-corrected chi connectivity index (χ2v) is 5.56. The van der Waals surface area contributed by atoms with Gasteiger partial charge in [0.25, 0.3) is 0 Å². The van der Waals surface area contributed by atoms with Crippen molar-refractivity contribution >= 4 is 11.9 Å². The molecule has 0 aromatic heterocycles. The van der Waals surface area contributed by atoms with Gasteiger partial charge >= 0.3 is 11.9 Å². The van der Waals surface area contributed by atoms with Crippen molar-refractivity contribution in [1.29, 1.82) is 0 Å². The van der Waals surface area contributed by atoms with Crippen LogP contribution in [-0.2, 0) is 25.7 Å². The minimum Gasteiger partial charge on any atom is -0.461 e. The maximum Gasteiger partial charge on any atom is 0.316 e. The van der Waals surface area contributed by atoms with Crippen LogP contribution in [0.5, 0.6) is 0 Å². The van der Waals surface area contributed by atoms with E-state index in [1.807, 2.05) is 44.2 Å². The maximum atomic E-state index is 12.1. The topological polar surface area (TPSA) is 52.6 Å². The summed E-state index contributed by atoms with van der Waals surface area (Å²) in [6, 6.07) is 9.46. The lowest BCUT2D eigenvalue weighted by atomic mass is 9.76. The Bertz CT molecular complexity index is 558. The number of hydrogen-bond acceptors (Lipinski definition) is 4. The average Bonchev–Trinajstić information content (AvgIpc) is 2.77. The van der Waals surface area contributed by atoms with Gasteiger partial charge in [0.1, 0.15) is 12.7 Å². The molecule has 1 aromatic carbocycles. The SMILES string of the molecule is C=C1[C@H](CC(=O)OCc2ccccc2)OC(=O)C1(CC)CC. The predicted molar refractivity (Wildman–Crippen MR) is 82.9 cm³/mol. The molecular weight excluding hydrogens is 280 g/mol. The van der Waals surface area contributed by atoms with E-state index in [0.717, 1.165) is 5.56 Å². The van der Waals surface area contributed by atoms with Gasteiger partial charge in [0.05, 0.1) is 11.8 Å². The number of hydrogen-bond donors (Lipinski definition) is 0. The largest absolute Gasteiger partial charge is 0.461 e. The van der Waals surface area contributed by atoms with Crippen LogP contribution in [0.3, 0.4) is 0 Å².